The molecule has 84 valence electrons. The van der Waals surface area contributed by atoms with Crippen LogP contribution in [0.3, 0.4) is 0 Å². The topological polar surface area (TPSA) is 74.8 Å². The minimum absolute atomic E-state index is 0.200. The summed E-state index contributed by atoms with van der Waals surface area (Å²) in [5, 5.41) is 6.11. The molecule has 0 bridgehead atoms. The van der Waals surface area contributed by atoms with Crippen molar-refractivity contribution in [3.8, 4) is 0 Å². The normalized spacial score (nSPS) is 19.0. The molecular weight excluding hydrogens is 214 g/mol. The number of aromatic nitrogens is 2. The van der Waals surface area contributed by atoms with E-state index in [4.69, 9.17) is 0 Å². The number of hydrogen-bond donors (Lipinski definition) is 2. The summed E-state index contributed by atoms with van der Waals surface area (Å²) in [5.74, 6) is 1.13. The molecule has 1 aromatic rings. The Kier molecular flexibility index (Phi) is 2.79. The van der Waals surface area contributed by atoms with Crippen LogP contribution < -0.4 is 4.72 Å². The number of aromatic amines is 1. The monoisotopic (exact) mass is 229 g/mol. The Labute approximate surface area is 89.3 Å². The zero-order valence-electron chi connectivity index (χ0n) is 8.60. The predicted octanol–water partition coefficient (Wildman–Crippen LogP) is 0.734. The maximum Gasteiger partial charge on any atom is 0.243 e. The van der Waals surface area contributed by atoms with Crippen LogP contribution in [0.1, 0.15) is 19.8 Å². The van der Waals surface area contributed by atoms with Crippen LogP contribution in [0.15, 0.2) is 17.3 Å². The second-order valence-corrected chi connectivity index (χ2v) is 5.87. The lowest BCUT2D eigenvalue weighted by Gasteiger charge is -2.10. The van der Waals surface area contributed by atoms with Gasteiger partial charge in [-0.1, -0.05) is 6.92 Å². The molecule has 5 nitrogen and oxygen atoms in total. The van der Waals surface area contributed by atoms with Crippen molar-refractivity contribution in [1.29, 1.82) is 0 Å². The van der Waals surface area contributed by atoms with Crippen LogP contribution in [-0.2, 0) is 10.0 Å². The lowest BCUT2D eigenvalue weighted by atomic mass is 10.1. The van der Waals surface area contributed by atoms with E-state index in [0.717, 1.165) is 0 Å². The molecule has 1 atom stereocenters. The van der Waals surface area contributed by atoms with E-state index in [1.165, 1.54) is 25.2 Å². The van der Waals surface area contributed by atoms with Crippen molar-refractivity contribution in [3.05, 3.63) is 12.4 Å². The van der Waals surface area contributed by atoms with Gasteiger partial charge in [0, 0.05) is 12.7 Å². The highest BCUT2D eigenvalue weighted by Crippen LogP contribution is 2.36. The number of nitrogens with one attached hydrogen (secondary N) is 2. The molecule has 1 aromatic heterocycles. The molecule has 0 aliphatic heterocycles. The maximum absolute atomic E-state index is 11.7. The Bertz CT molecular complexity index is 409. The fraction of sp³-hybridized carbons (Fsp3) is 0.667. The minimum atomic E-state index is -3.36. The third-order valence-corrected chi connectivity index (χ3v) is 4.20. The molecule has 0 spiro atoms. The molecular formula is C9H15N3O2S. The van der Waals surface area contributed by atoms with Gasteiger partial charge in [-0.15, -0.1) is 0 Å². The van der Waals surface area contributed by atoms with Crippen LogP contribution in [-0.4, -0.2) is 25.2 Å². The molecule has 15 heavy (non-hydrogen) atoms. The summed E-state index contributed by atoms with van der Waals surface area (Å²) < 4.78 is 25.9. The Morgan fingerprint density at radius 1 is 1.67 bits per heavy atom. The highest BCUT2D eigenvalue weighted by atomic mass is 32.2. The highest BCUT2D eigenvalue weighted by Gasteiger charge is 2.28. The van der Waals surface area contributed by atoms with E-state index in [1.807, 2.05) is 0 Å². The number of nitrogens with zero attached hydrogens (tertiary/aromatic N) is 1. The van der Waals surface area contributed by atoms with Gasteiger partial charge in [0.15, 0.2) is 0 Å². The van der Waals surface area contributed by atoms with E-state index in [-0.39, 0.29) is 4.90 Å². The summed E-state index contributed by atoms with van der Waals surface area (Å²) in [4.78, 5) is 0.200. The molecule has 1 aliphatic rings. The van der Waals surface area contributed by atoms with Crippen molar-refractivity contribution >= 4 is 10.0 Å². The van der Waals surface area contributed by atoms with Crippen molar-refractivity contribution in [3.63, 3.8) is 0 Å². The first-order chi connectivity index (χ1) is 7.09. The summed E-state index contributed by atoms with van der Waals surface area (Å²) >= 11 is 0. The molecule has 1 heterocycles. The van der Waals surface area contributed by atoms with Crippen molar-refractivity contribution < 1.29 is 8.42 Å². The van der Waals surface area contributed by atoms with E-state index < -0.39 is 10.0 Å². The van der Waals surface area contributed by atoms with Gasteiger partial charge in [-0.05, 0) is 24.7 Å². The van der Waals surface area contributed by atoms with Gasteiger partial charge in [0.25, 0.3) is 0 Å². The Morgan fingerprint density at radius 2 is 2.40 bits per heavy atom. The van der Waals surface area contributed by atoms with E-state index in [1.54, 1.807) is 0 Å². The second kappa shape index (κ2) is 3.94. The second-order valence-electron chi connectivity index (χ2n) is 4.10. The third-order valence-electron chi connectivity index (χ3n) is 2.81. The van der Waals surface area contributed by atoms with Crippen LogP contribution in [0.4, 0.5) is 0 Å². The average Bonchev–Trinajstić information content (AvgIpc) is 2.89. The van der Waals surface area contributed by atoms with Crippen LogP contribution in [0.5, 0.6) is 0 Å². The Morgan fingerprint density at radius 3 is 2.93 bits per heavy atom. The molecule has 0 saturated heterocycles. The SMILES string of the molecule is CC(CNS(=O)(=O)c1cn[nH]c1)C1CC1. The average molecular weight is 229 g/mol. The summed E-state index contributed by atoms with van der Waals surface area (Å²) in [6.07, 6.45) is 5.15. The molecule has 2 N–H and O–H groups in total. The van der Waals surface area contributed by atoms with Gasteiger partial charge in [-0.3, -0.25) is 5.10 Å². The van der Waals surface area contributed by atoms with Gasteiger partial charge >= 0.3 is 0 Å². The fourth-order valence-electron chi connectivity index (χ4n) is 1.54. The van der Waals surface area contributed by atoms with E-state index in [0.29, 0.717) is 18.4 Å². The van der Waals surface area contributed by atoms with E-state index >= 15 is 0 Å². The maximum atomic E-state index is 11.7. The first-order valence-electron chi connectivity index (χ1n) is 5.08. The van der Waals surface area contributed by atoms with Crippen molar-refractivity contribution in [1.82, 2.24) is 14.9 Å². The van der Waals surface area contributed by atoms with Gasteiger partial charge < -0.3 is 0 Å². The van der Waals surface area contributed by atoms with Gasteiger partial charge in [0.1, 0.15) is 4.90 Å². The van der Waals surface area contributed by atoms with Crippen molar-refractivity contribution in [2.75, 3.05) is 6.54 Å². The van der Waals surface area contributed by atoms with E-state index in [2.05, 4.69) is 21.8 Å². The standard InChI is InChI=1S/C9H15N3O2S/c1-7(8-2-3-8)4-12-15(13,14)9-5-10-11-6-9/h5-8,12H,2-4H2,1H3,(H,10,11). The van der Waals surface area contributed by atoms with Gasteiger partial charge in [0.2, 0.25) is 10.0 Å². The first-order valence-corrected chi connectivity index (χ1v) is 6.56. The molecule has 0 radical (unpaired) electrons. The minimum Gasteiger partial charge on any atom is -0.284 e. The van der Waals surface area contributed by atoms with Gasteiger partial charge in [-0.25, -0.2) is 13.1 Å². The molecule has 1 unspecified atom stereocenters. The predicted molar refractivity (Wildman–Crippen MR) is 55.7 cm³/mol. The number of sulfonamides is 1. The quantitative estimate of drug-likeness (QED) is 0.781. The molecule has 0 amide bonds. The fourth-order valence-corrected chi connectivity index (χ4v) is 2.59. The summed E-state index contributed by atoms with van der Waals surface area (Å²) in [6.45, 7) is 2.59. The van der Waals surface area contributed by atoms with Gasteiger partial charge in [-0.2, -0.15) is 5.10 Å². The molecule has 1 saturated carbocycles. The van der Waals surface area contributed by atoms with Crippen LogP contribution in [0.2, 0.25) is 0 Å². The molecule has 1 aliphatic carbocycles. The number of rotatable bonds is 5. The zero-order valence-corrected chi connectivity index (χ0v) is 9.42. The molecule has 6 heteroatoms. The lowest BCUT2D eigenvalue weighted by Crippen LogP contribution is -2.28. The third kappa shape index (κ3) is 2.57. The van der Waals surface area contributed by atoms with Gasteiger partial charge in [0.05, 0.1) is 6.20 Å². The van der Waals surface area contributed by atoms with Crippen molar-refractivity contribution in [2.45, 2.75) is 24.7 Å². The summed E-state index contributed by atoms with van der Waals surface area (Å²) in [6, 6.07) is 0. The van der Waals surface area contributed by atoms with Crippen LogP contribution >= 0.6 is 0 Å². The Hall–Kier alpha value is -0.880. The number of hydrogen-bond acceptors (Lipinski definition) is 3. The van der Waals surface area contributed by atoms with E-state index in [9.17, 15) is 8.42 Å². The van der Waals surface area contributed by atoms with Crippen molar-refractivity contribution in [2.24, 2.45) is 11.8 Å². The highest BCUT2D eigenvalue weighted by molar-refractivity contribution is 7.89. The summed E-state index contributed by atoms with van der Waals surface area (Å²) in [7, 11) is -3.36. The lowest BCUT2D eigenvalue weighted by molar-refractivity contribution is 0.492. The smallest absolute Gasteiger partial charge is 0.243 e. The zero-order chi connectivity index (χ0) is 10.9. The van der Waals surface area contributed by atoms with Crippen LogP contribution in [0, 0.1) is 11.8 Å². The molecule has 0 aromatic carbocycles. The summed E-state index contributed by atoms with van der Waals surface area (Å²) in [5.41, 5.74) is 0. The first kappa shape index (κ1) is 10.6. The molecule has 2 rings (SSSR count). The number of H-pyrrole nitrogens is 1. The largest absolute Gasteiger partial charge is 0.284 e. The van der Waals surface area contributed by atoms with Crippen LogP contribution in [0.25, 0.3) is 0 Å². The Balaban J connectivity index is 1.93. The molecule has 1 fully saturated rings.